The van der Waals surface area contributed by atoms with E-state index in [2.05, 4.69) is 5.32 Å². The molecule has 5 heteroatoms. The number of carbonyl (C=O) groups excluding carboxylic acids is 1. The number of carboxylic acid groups (broad SMARTS) is 1. The number of aliphatic carboxylic acids is 1. The van der Waals surface area contributed by atoms with Crippen molar-refractivity contribution in [3.63, 3.8) is 0 Å². The molecule has 0 spiro atoms. The highest BCUT2D eigenvalue weighted by atomic mass is 16.5. The molecular formula is C11H19NO4. The second kappa shape index (κ2) is 5.84. The van der Waals surface area contributed by atoms with Crippen LogP contribution in [0.5, 0.6) is 0 Å². The lowest BCUT2D eigenvalue weighted by Crippen LogP contribution is -2.42. The van der Waals surface area contributed by atoms with E-state index in [4.69, 9.17) is 9.84 Å². The lowest BCUT2D eigenvalue weighted by molar-refractivity contribution is -0.155. The summed E-state index contributed by atoms with van der Waals surface area (Å²) in [7, 11) is 0. The monoisotopic (exact) mass is 229 g/mol. The Morgan fingerprint density at radius 3 is 2.31 bits per heavy atom. The Balaban J connectivity index is 2.32. The van der Waals surface area contributed by atoms with Crippen LogP contribution in [0, 0.1) is 0 Å². The van der Waals surface area contributed by atoms with E-state index in [1.165, 1.54) is 6.92 Å². The maximum atomic E-state index is 11.6. The first-order valence-corrected chi connectivity index (χ1v) is 5.69. The normalized spacial score (nSPS) is 20.4. The van der Waals surface area contributed by atoms with Crippen molar-refractivity contribution in [2.45, 2.75) is 57.8 Å². The molecule has 1 aliphatic carbocycles. The fraction of sp³-hybridized carbons (Fsp3) is 0.818. The van der Waals surface area contributed by atoms with Crippen LogP contribution in [0.25, 0.3) is 0 Å². The number of ether oxygens (including phenoxy) is 1. The molecule has 16 heavy (non-hydrogen) atoms. The molecule has 0 heterocycles. The molecule has 0 bridgehead atoms. The Bertz CT molecular complexity index is 261. The molecule has 0 saturated heterocycles. The number of hydrogen-bond donors (Lipinski definition) is 2. The van der Waals surface area contributed by atoms with Crippen LogP contribution in [0.15, 0.2) is 0 Å². The zero-order valence-electron chi connectivity index (χ0n) is 9.73. The standard InChI is InChI=1S/C11H19NO4/c1-7(16-8(2)11(14)15)10(13)12-9-5-3-4-6-9/h7-9H,3-6H2,1-2H3,(H,12,13)(H,14,15). The SMILES string of the molecule is CC(OC(C)C(=O)NC1CCCC1)C(=O)O. The minimum atomic E-state index is -1.06. The molecule has 2 unspecified atom stereocenters. The van der Waals surface area contributed by atoms with Crippen LogP contribution in [0.2, 0.25) is 0 Å². The second-order valence-corrected chi connectivity index (χ2v) is 4.25. The number of rotatable bonds is 5. The summed E-state index contributed by atoms with van der Waals surface area (Å²) in [4.78, 5) is 22.2. The van der Waals surface area contributed by atoms with Crippen LogP contribution in [0.3, 0.4) is 0 Å². The third-order valence-corrected chi connectivity index (χ3v) is 2.83. The molecule has 0 radical (unpaired) electrons. The molecule has 0 aromatic rings. The van der Waals surface area contributed by atoms with Crippen molar-refractivity contribution in [1.82, 2.24) is 5.32 Å². The van der Waals surface area contributed by atoms with Crippen LogP contribution in [-0.2, 0) is 14.3 Å². The maximum Gasteiger partial charge on any atom is 0.332 e. The molecule has 2 N–H and O–H groups in total. The molecule has 1 amide bonds. The summed E-state index contributed by atoms with van der Waals surface area (Å²) < 4.78 is 5.07. The highest BCUT2D eigenvalue weighted by molar-refractivity contribution is 5.81. The van der Waals surface area contributed by atoms with Gasteiger partial charge in [-0.2, -0.15) is 0 Å². The number of carboxylic acids is 1. The quantitative estimate of drug-likeness (QED) is 0.735. The predicted octanol–water partition coefficient (Wildman–Crippen LogP) is 0.923. The van der Waals surface area contributed by atoms with E-state index in [1.807, 2.05) is 0 Å². The van der Waals surface area contributed by atoms with Gasteiger partial charge in [0.15, 0.2) is 6.10 Å². The zero-order chi connectivity index (χ0) is 12.1. The highest BCUT2D eigenvalue weighted by Gasteiger charge is 2.24. The zero-order valence-corrected chi connectivity index (χ0v) is 9.73. The number of hydrogen-bond acceptors (Lipinski definition) is 3. The van der Waals surface area contributed by atoms with Gasteiger partial charge in [-0.05, 0) is 26.7 Å². The van der Waals surface area contributed by atoms with Crippen molar-refractivity contribution < 1.29 is 19.4 Å². The van der Waals surface area contributed by atoms with Gasteiger partial charge in [-0.1, -0.05) is 12.8 Å². The first-order chi connectivity index (χ1) is 7.50. The third-order valence-electron chi connectivity index (χ3n) is 2.83. The van der Waals surface area contributed by atoms with Crippen LogP contribution >= 0.6 is 0 Å². The molecule has 0 aromatic carbocycles. The average molecular weight is 229 g/mol. The highest BCUT2D eigenvalue weighted by Crippen LogP contribution is 2.17. The van der Waals surface area contributed by atoms with Crippen molar-refractivity contribution >= 4 is 11.9 Å². The summed E-state index contributed by atoms with van der Waals surface area (Å²) in [6.07, 6.45) is 2.63. The van der Waals surface area contributed by atoms with E-state index in [0.717, 1.165) is 25.7 Å². The summed E-state index contributed by atoms with van der Waals surface area (Å²) >= 11 is 0. The Labute approximate surface area is 95.2 Å². The first kappa shape index (κ1) is 13.0. The number of amides is 1. The minimum absolute atomic E-state index is 0.222. The second-order valence-electron chi connectivity index (χ2n) is 4.25. The van der Waals surface area contributed by atoms with Crippen molar-refractivity contribution in [2.75, 3.05) is 0 Å². The van der Waals surface area contributed by atoms with Gasteiger partial charge in [-0.15, -0.1) is 0 Å². The van der Waals surface area contributed by atoms with E-state index >= 15 is 0 Å². The predicted molar refractivity (Wildman–Crippen MR) is 58.0 cm³/mol. The molecule has 1 fully saturated rings. The smallest absolute Gasteiger partial charge is 0.332 e. The summed E-state index contributed by atoms with van der Waals surface area (Å²) in [6, 6.07) is 0.235. The molecule has 0 aromatic heterocycles. The molecule has 5 nitrogen and oxygen atoms in total. The van der Waals surface area contributed by atoms with E-state index in [0.29, 0.717) is 0 Å². The van der Waals surface area contributed by atoms with Crippen molar-refractivity contribution in [3.8, 4) is 0 Å². The molecule has 1 rings (SSSR count). The van der Waals surface area contributed by atoms with E-state index in [9.17, 15) is 9.59 Å². The Morgan fingerprint density at radius 2 is 1.81 bits per heavy atom. The van der Waals surface area contributed by atoms with Gasteiger partial charge in [0.1, 0.15) is 6.10 Å². The van der Waals surface area contributed by atoms with Crippen LogP contribution in [0.4, 0.5) is 0 Å². The van der Waals surface area contributed by atoms with Crippen LogP contribution in [0.1, 0.15) is 39.5 Å². The Kier molecular flexibility index (Phi) is 4.73. The lowest BCUT2D eigenvalue weighted by atomic mass is 10.2. The van der Waals surface area contributed by atoms with Crippen molar-refractivity contribution in [2.24, 2.45) is 0 Å². The van der Waals surface area contributed by atoms with Crippen molar-refractivity contribution in [3.05, 3.63) is 0 Å². The van der Waals surface area contributed by atoms with Crippen LogP contribution < -0.4 is 5.32 Å². The van der Waals surface area contributed by atoms with E-state index in [1.54, 1.807) is 6.92 Å². The topological polar surface area (TPSA) is 75.6 Å². The number of nitrogens with one attached hydrogen (secondary N) is 1. The fourth-order valence-corrected chi connectivity index (χ4v) is 1.81. The van der Waals surface area contributed by atoms with Gasteiger partial charge >= 0.3 is 5.97 Å². The summed E-state index contributed by atoms with van der Waals surface area (Å²) in [5.41, 5.74) is 0. The lowest BCUT2D eigenvalue weighted by Gasteiger charge is -2.18. The summed E-state index contributed by atoms with van der Waals surface area (Å²) in [6.45, 7) is 2.99. The van der Waals surface area contributed by atoms with Gasteiger partial charge in [0.2, 0.25) is 5.91 Å². The van der Waals surface area contributed by atoms with Crippen molar-refractivity contribution in [1.29, 1.82) is 0 Å². The molecule has 2 atom stereocenters. The molecule has 1 aliphatic rings. The third kappa shape index (κ3) is 3.81. The largest absolute Gasteiger partial charge is 0.479 e. The average Bonchev–Trinajstić information content (AvgIpc) is 2.69. The van der Waals surface area contributed by atoms with Crippen LogP contribution in [-0.4, -0.2) is 35.2 Å². The summed E-state index contributed by atoms with van der Waals surface area (Å²) in [5, 5.41) is 11.5. The maximum absolute atomic E-state index is 11.6. The molecular weight excluding hydrogens is 210 g/mol. The van der Waals surface area contributed by atoms with Gasteiger partial charge < -0.3 is 15.2 Å². The molecule has 92 valence electrons. The summed E-state index contributed by atoms with van der Waals surface area (Å²) in [5.74, 6) is -1.28. The minimum Gasteiger partial charge on any atom is -0.479 e. The van der Waals surface area contributed by atoms with Gasteiger partial charge in [0.05, 0.1) is 0 Å². The van der Waals surface area contributed by atoms with Gasteiger partial charge in [0, 0.05) is 6.04 Å². The van der Waals surface area contributed by atoms with Gasteiger partial charge in [0.25, 0.3) is 0 Å². The van der Waals surface area contributed by atoms with E-state index < -0.39 is 18.2 Å². The first-order valence-electron chi connectivity index (χ1n) is 5.69. The molecule has 0 aliphatic heterocycles. The number of carbonyl (C=O) groups is 2. The fourth-order valence-electron chi connectivity index (χ4n) is 1.81. The van der Waals surface area contributed by atoms with Gasteiger partial charge in [-0.25, -0.2) is 4.79 Å². The van der Waals surface area contributed by atoms with E-state index in [-0.39, 0.29) is 11.9 Å². The molecule has 1 saturated carbocycles. The Hall–Kier alpha value is -1.10. The van der Waals surface area contributed by atoms with Gasteiger partial charge in [-0.3, -0.25) is 4.79 Å². The Morgan fingerprint density at radius 1 is 1.25 bits per heavy atom.